The molecule has 2 atom stereocenters. The second kappa shape index (κ2) is 6.44. The first-order valence-corrected chi connectivity index (χ1v) is 5.80. The first-order valence-electron chi connectivity index (χ1n) is 5.80. The molecular weight excluding hydrogens is 242 g/mol. The van der Waals surface area contributed by atoms with Crippen LogP contribution < -0.4 is 11.1 Å². The zero-order valence-electron chi connectivity index (χ0n) is 10.4. The molecule has 102 valence electrons. The Kier molecular flexibility index (Phi) is 5.21. The van der Waals surface area contributed by atoms with Gasteiger partial charge >= 0.3 is 6.55 Å². The van der Waals surface area contributed by atoms with Crippen LogP contribution >= 0.6 is 0 Å². The quantitative estimate of drug-likeness (QED) is 0.809. The van der Waals surface area contributed by atoms with Gasteiger partial charge in [-0.2, -0.15) is 8.78 Å². The summed E-state index contributed by atoms with van der Waals surface area (Å²) in [5, 5.41) is 2.51. The largest absolute Gasteiger partial charge is 0.348 e. The van der Waals surface area contributed by atoms with Crippen LogP contribution in [0.2, 0.25) is 0 Å². The number of hydrogen-bond acceptors (Lipinski definition) is 3. The number of halogens is 2. The number of rotatable bonds is 6. The number of carbonyl (C=O) groups is 1. The van der Waals surface area contributed by atoms with Gasteiger partial charge < -0.3 is 11.1 Å². The average molecular weight is 260 g/mol. The fourth-order valence-corrected chi connectivity index (χ4v) is 1.45. The Hall–Kier alpha value is -1.50. The van der Waals surface area contributed by atoms with E-state index in [-0.39, 0.29) is 24.2 Å². The van der Waals surface area contributed by atoms with Gasteiger partial charge in [-0.05, 0) is 5.92 Å². The zero-order valence-corrected chi connectivity index (χ0v) is 10.4. The summed E-state index contributed by atoms with van der Waals surface area (Å²) in [6.45, 7) is 1.08. The third-order valence-electron chi connectivity index (χ3n) is 2.94. The molecule has 7 heteroatoms. The monoisotopic (exact) mass is 260 g/mol. The van der Waals surface area contributed by atoms with Crippen LogP contribution in [0.15, 0.2) is 12.4 Å². The predicted molar refractivity (Wildman–Crippen MR) is 62.8 cm³/mol. The molecule has 0 spiro atoms. The summed E-state index contributed by atoms with van der Waals surface area (Å²) in [4.78, 5) is 15.4. The summed E-state index contributed by atoms with van der Waals surface area (Å²) in [6.07, 6.45) is 3.21. The lowest BCUT2D eigenvalue weighted by molar-refractivity contribution is -0.123. The molecule has 18 heavy (non-hydrogen) atoms. The van der Waals surface area contributed by atoms with E-state index in [1.165, 1.54) is 12.4 Å². The van der Waals surface area contributed by atoms with Crippen molar-refractivity contribution in [2.24, 2.45) is 11.7 Å². The molecule has 1 aromatic heterocycles. The van der Waals surface area contributed by atoms with E-state index in [1.807, 2.05) is 13.8 Å². The number of nitrogens with zero attached hydrogens (tertiary/aromatic N) is 2. The molecule has 0 radical (unpaired) electrons. The normalized spacial score (nSPS) is 14.6. The summed E-state index contributed by atoms with van der Waals surface area (Å²) in [5.41, 5.74) is 5.72. The van der Waals surface area contributed by atoms with Gasteiger partial charge in [0.1, 0.15) is 5.82 Å². The van der Waals surface area contributed by atoms with E-state index in [0.29, 0.717) is 4.57 Å². The number of amides is 1. The van der Waals surface area contributed by atoms with E-state index in [4.69, 9.17) is 5.73 Å². The Balaban J connectivity index is 2.55. The number of nitrogens with two attached hydrogens (primary N) is 1. The number of imidazole rings is 1. The van der Waals surface area contributed by atoms with E-state index in [2.05, 4.69) is 10.3 Å². The summed E-state index contributed by atoms with van der Waals surface area (Å²) in [6, 6.07) is -0.634. The Morgan fingerprint density at radius 1 is 1.61 bits per heavy atom. The van der Waals surface area contributed by atoms with Crippen molar-refractivity contribution in [3.63, 3.8) is 0 Å². The van der Waals surface area contributed by atoms with Crippen molar-refractivity contribution in [3.8, 4) is 0 Å². The number of aromatic nitrogens is 2. The summed E-state index contributed by atoms with van der Waals surface area (Å²) in [5.74, 6) is -0.206. The van der Waals surface area contributed by atoms with Crippen LogP contribution in [0.1, 0.15) is 32.6 Å². The molecule has 0 fully saturated rings. The standard InChI is InChI=1S/C11H18F2N4O/c1-3-7(2)9(14)10(18)16-6-8-15-4-5-17(8)11(12)13/h4-5,7,9,11H,3,6,14H2,1-2H3,(H,16,18). The predicted octanol–water partition coefficient (Wildman–Crippen LogP) is 1.27. The SMILES string of the molecule is CCC(C)C(N)C(=O)NCc1nccn1C(F)F. The maximum absolute atomic E-state index is 12.5. The lowest BCUT2D eigenvalue weighted by atomic mass is 9.99. The molecule has 3 N–H and O–H groups in total. The highest BCUT2D eigenvalue weighted by atomic mass is 19.3. The van der Waals surface area contributed by atoms with Crippen LogP contribution in [0.25, 0.3) is 0 Å². The average Bonchev–Trinajstić information content (AvgIpc) is 2.82. The Labute approximate surface area is 104 Å². The molecule has 1 rings (SSSR count). The lowest BCUT2D eigenvalue weighted by Gasteiger charge is -2.17. The Morgan fingerprint density at radius 3 is 2.83 bits per heavy atom. The molecule has 1 aromatic rings. The van der Waals surface area contributed by atoms with Crippen molar-refractivity contribution in [1.82, 2.24) is 14.9 Å². The molecule has 0 aliphatic heterocycles. The molecule has 1 amide bonds. The molecular formula is C11H18F2N4O. The highest BCUT2D eigenvalue weighted by molar-refractivity contribution is 5.81. The molecule has 0 saturated carbocycles. The van der Waals surface area contributed by atoms with Crippen LogP contribution in [0.3, 0.4) is 0 Å². The van der Waals surface area contributed by atoms with E-state index in [1.54, 1.807) is 0 Å². The fourth-order valence-electron chi connectivity index (χ4n) is 1.45. The van der Waals surface area contributed by atoms with Crippen molar-refractivity contribution in [1.29, 1.82) is 0 Å². The van der Waals surface area contributed by atoms with Crippen LogP contribution in [-0.2, 0) is 11.3 Å². The zero-order chi connectivity index (χ0) is 13.7. The number of carbonyl (C=O) groups excluding carboxylic acids is 1. The van der Waals surface area contributed by atoms with Gasteiger partial charge in [-0.1, -0.05) is 20.3 Å². The summed E-state index contributed by atoms with van der Waals surface area (Å²) < 4.78 is 25.7. The molecule has 0 bridgehead atoms. The van der Waals surface area contributed by atoms with Gasteiger partial charge in [0, 0.05) is 12.4 Å². The minimum Gasteiger partial charge on any atom is -0.348 e. The summed E-state index contributed by atoms with van der Waals surface area (Å²) >= 11 is 0. The maximum Gasteiger partial charge on any atom is 0.319 e. The number of alkyl halides is 2. The Bertz CT molecular complexity index is 394. The molecule has 0 aromatic carbocycles. The smallest absolute Gasteiger partial charge is 0.319 e. The second-order valence-electron chi connectivity index (χ2n) is 4.16. The van der Waals surface area contributed by atoms with E-state index < -0.39 is 12.6 Å². The first kappa shape index (κ1) is 14.6. The molecule has 0 aliphatic rings. The van der Waals surface area contributed by atoms with Crippen molar-refractivity contribution in [3.05, 3.63) is 18.2 Å². The third-order valence-corrected chi connectivity index (χ3v) is 2.94. The van der Waals surface area contributed by atoms with Crippen LogP contribution in [0.5, 0.6) is 0 Å². The molecule has 0 saturated heterocycles. The minimum absolute atomic E-state index is 0.0415. The van der Waals surface area contributed by atoms with Crippen molar-refractivity contribution >= 4 is 5.91 Å². The number of nitrogens with one attached hydrogen (secondary N) is 1. The van der Waals surface area contributed by atoms with Gasteiger partial charge in [-0.15, -0.1) is 0 Å². The van der Waals surface area contributed by atoms with Crippen molar-refractivity contribution < 1.29 is 13.6 Å². The molecule has 0 aliphatic carbocycles. The van der Waals surface area contributed by atoms with Crippen molar-refractivity contribution in [2.45, 2.75) is 39.4 Å². The van der Waals surface area contributed by atoms with Gasteiger partial charge in [0.25, 0.3) is 0 Å². The minimum atomic E-state index is -2.66. The molecule has 5 nitrogen and oxygen atoms in total. The Morgan fingerprint density at radius 2 is 2.28 bits per heavy atom. The van der Waals surface area contributed by atoms with Crippen LogP contribution in [0, 0.1) is 5.92 Å². The van der Waals surface area contributed by atoms with Gasteiger partial charge in [0.15, 0.2) is 0 Å². The van der Waals surface area contributed by atoms with Gasteiger partial charge in [-0.3, -0.25) is 9.36 Å². The highest BCUT2D eigenvalue weighted by Gasteiger charge is 2.20. The van der Waals surface area contributed by atoms with Crippen molar-refractivity contribution in [2.75, 3.05) is 0 Å². The maximum atomic E-state index is 12.5. The molecule has 2 unspecified atom stereocenters. The lowest BCUT2D eigenvalue weighted by Crippen LogP contribution is -2.44. The van der Waals surface area contributed by atoms with E-state index in [9.17, 15) is 13.6 Å². The van der Waals surface area contributed by atoms with Gasteiger partial charge in [0.2, 0.25) is 5.91 Å². The first-order chi connectivity index (χ1) is 8.47. The highest BCUT2D eigenvalue weighted by Crippen LogP contribution is 2.12. The van der Waals surface area contributed by atoms with Crippen LogP contribution in [0.4, 0.5) is 8.78 Å². The summed E-state index contributed by atoms with van der Waals surface area (Å²) in [7, 11) is 0. The topological polar surface area (TPSA) is 72.9 Å². The molecule has 1 heterocycles. The third kappa shape index (κ3) is 3.49. The van der Waals surface area contributed by atoms with Gasteiger partial charge in [-0.25, -0.2) is 4.98 Å². The second-order valence-corrected chi connectivity index (χ2v) is 4.16. The van der Waals surface area contributed by atoms with E-state index in [0.717, 1.165) is 6.42 Å². The van der Waals surface area contributed by atoms with E-state index >= 15 is 0 Å². The van der Waals surface area contributed by atoms with Gasteiger partial charge in [0.05, 0.1) is 12.6 Å². The number of hydrogen-bond donors (Lipinski definition) is 2. The van der Waals surface area contributed by atoms with Crippen LogP contribution in [-0.4, -0.2) is 21.5 Å². The fraction of sp³-hybridized carbons (Fsp3) is 0.636.